The van der Waals surface area contributed by atoms with Crippen LogP contribution >= 0.6 is 27.7 Å². The summed E-state index contributed by atoms with van der Waals surface area (Å²) in [6, 6.07) is 0. The number of halogens is 1. The normalized spacial score (nSPS) is 11.1. The molecule has 1 aromatic heterocycles. The summed E-state index contributed by atoms with van der Waals surface area (Å²) >= 11 is 4.64. The first-order chi connectivity index (χ1) is 7.81. The molecule has 0 aliphatic rings. The standard InChI is InChI=1S/C10H14BrN3O2S/c1-10(2,3)14-9(15)16-6-5-12-8(17-4)13-7(6)11/h5H,1-4H3,(H,14,15). The number of amides is 1. The zero-order valence-electron chi connectivity index (χ0n) is 10.1. The van der Waals surface area contributed by atoms with Crippen LogP contribution in [0.25, 0.3) is 0 Å². The molecular weight excluding hydrogens is 306 g/mol. The van der Waals surface area contributed by atoms with Crippen LogP contribution in [0.5, 0.6) is 5.75 Å². The smallest absolute Gasteiger partial charge is 0.406 e. The number of hydrogen-bond acceptors (Lipinski definition) is 5. The zero-order valence-corrected chi connectivity index (χ0v) is 12.5. The maximum absolute atomic E-state index is 11.5. The van der Waals surface area contributed by atoms with Crippen LogP contribution in [0.3, 0.4) is 0 Å². The fourth-order valence-corrected chi connectivity index (χ4v) is 1.74. The molecule has 0 atom stereocenters. The topological polar surface area (TPSA) is 64.1 Å². The average molecular weight is 320 g/mol. The van der Waals surface area contributed by atoms with E-state index in [0.717, 1.165) is 0 Å². The summed E-state index contributed by atoms with van der Waals surface area (Å²) < 4.78 is 5.55. The van der Waals surface area contributed by atoms with Crippen molar-refractivity contribution in [2.75, 3.05) is 6.26 Å². The number of ether oxygens (including phenoxy) is 1. The van der Waals surface area contributed by atoms with E-state index in [4.69, 9.17) is 4.74 Å². The van der Waals surface area contributed by atoms with Crippen molar-refractivity contribution in [3.63, 3.8) is 0 Å². The van der Waals surface area contributed by atoms with E-state index < -0.39 is 6.09 Å². The largest absolute Gasteiger partial charge is 0.413 e. The maximum atomic E-state index is 11.5. The molecule has 0 radical (unpaired) electrons. The van der Waals surface area contributed by atoms with Crippen LogP contribution in [-0.2, 0) is 0 Å². The SMILES string of the molecule is CSc1ncc(OC(=O)NC(C)(C)C)c(Br)n1. The van der Waals surface area contributed by atoms with Crippen molar-refractivity contribution in [1.82, 2.24) is 15.3 Å². The van der Waals surface area contributed by atoms with E-state index in [1.165, 1.54) is 18.0 Å². The Hall–Kier alpha value is -0.820. The van der Waals surface area contributed by atoms with Crippen molar-refractivity contribution < 1.29 is 9.53 Å². The van der Waals surface area contributed by atoms with Crippen molar-refractivity contribution in [1.29, 1.82) is 0 Å². The van der Waals surface area contributed by atoms with Crippen molar-refractivity contribution in [2.24, 2.45) is 0 Å². The highest BCUT2D eigenvalue weighted by molar-refractivity contribution is 9.10. The van der Waals surface area contributed by atoms with Crippen LogP contribution in [0, 0.1) is 0 Å². The molecule has 0 saturated carbocycles. The quantitative estimate of drug-likeness (QED) is 0.516. The molecule has 0 aliphatic heterocycles. The molecule has 17 heavy (non-hydrogen) atoms. The lowest BCUT2D eigenvalue weighted by atomic mass is 10.1. The van der Waals surface area contributed by atoms with E-state index >= 15 is 0 Å². The summed E-state index contributed by atoms with van der Waals surface area (Å²) in [5.74, 6) is 0.296. The summed E-state index contributed by atoms with van der Waals surface area (Å²) in [5, 5.41) is 3.29. The molecule has 0 unspecified atom stereocenters. The lowest BCUT2D eigenvalue weighted by Crippen LogP contribution is -2.42. The van der Waals surface area contributed by atoms with Gasteiger partial charge in [-0.15, -0.1) is 0 Å². The molecule has 0 aromatic carbocycles. The van der Waals surface area contributed by atoms with Gasteiger partial charge < -0.3 is 10.1 Å². The molecule has 1 heterocycles. The highest BCUT2D eigenvalue weighted by Crippen LogP contribution is 2.23. The highest BCUT2D eigenvalue weighted by Gasteiger charge is 2.17. The van der Waals surface area contributed by atoms with Gasteiger partial charge in [0.1, 0.15) is 0 Å². The first kappa shape index (κ1) is 14.2. The molecule has 0 spiro atoms. The fraction of sp³-hybridized carbons (Fsp3) is 0.500. The third-order valence-corrected chi connectivity index (χ3v) is 2.68. The first-order valence-electron chi connectivity index (χ1n) is 4.88. The number of carbonyl (C=O) groups is 1. The van der Waals surface area contributed by atoms with Crippen LogP contribution in [0.4, 0.5) is 4.79 Å². The van der Waals surface area contributed by atoms with Crippen LogP contribution < -0.4 is 10.1 Å². The summed E-state index contributed by atoms with van der Waals surface area (Å²) in [6.07, 6.45) is 2.80. The molecule has 1 rings (SSSR count). The molecule has 1 aromatic rings. The number of nitrogens with one attached hydrogen (secondary N) is 1. The van der Waals surface area contributed by atoms with Gasteiger partial charge in [0.2, 0.25) is 0 Å². The lowest BCUT2D eigenvalue weighted by molar-refractivity contribution is 0.190. The van der Waals surface area contributed by atoms with E-state index in [0.29, 0.717) is 15.5 Å². The zero-order chi connectivity index (χ0) is 13.1. The van der Waals surface area contributed by atoms with Crippen molar-refractivity contribution in [2.45, 2.75) is 31.5 Å². The Balaban J connectivity index is 2.72. The summed E-state index contributed by atoms with van der Waals surface area (Å²) in [5.41, 5.74) is -0.344. The monoisotopic (exact) mass is 319 g/mol. The van der Waals surface area contributed by atoms with E-state index in [1.807, 2.05) is 27.0 Å². The number of nitrogens with zero attached hydrogens (tertiary/aromatic N) is 2. The van der Waals surface area contributed by atoms with Gasteiger partial charge >= 0.3 is 6.09 Å². The van der Waals surface area contributed by atoms with Gasteiger partial charge in [0.25, 0.3) is 0 Å². The molecule has 0 bridgehead atoms. The Labute approximate surface area is 113 Å². The number of carbonyl (C=O) groups excluding carboxylic acids is 1. The predicted octanol–water partition coefficient (Wildman–Crippen LogP) is 2.85. The van der Waals surface area contributed by atoms with E-state index in [1.54, 1.807) is 0 Å². The average Bonchev–Trinajstić information content (AvgIpc) is 2.18. The molecule has 0 fully saturated rings. The van der Waals surface area contributed by atoms with Gasteiger partial charge in [-0.25, -0.2) is 14.8 Å². The van der Waals surface area contributed by atoms with E-state index in [2.05, 4.69) is 31.2 Å². The van der Waals surface area contributed by atoms with Crippen molar-refractivity contribution in [3.8, 4) is 5.75 Å². The minimum atomic E-state index is -0.529. The summed E-state index contributed by atoms with van der Waals surface area (Å²) in [6.45, 7) is 5.61. The third-order valence-electron chi connectivity index (χ3n) is 1.55. The second-order valence-electron chi connectivity index (χ2n) is 4.28. The van der Waals surface area contributed by atoms with Gasteiger partial charge in [-0.3, -0.25) is 0 Å². The van der Waals surface area contributed by atoms with Gasteiger partial charge in [-0.05, 0) is 43.0 Å². The van der Waals surface area contributed by atoms with Gasteiger partial charge in [0.15, 0.2) is 15.5 Å². The molecule has 94 valence electrons. The van der Waals surface area contributed by atoms with Crippen molar-refractivity contribution in [3.05, 3.63) is 10.8 Å². The fourth-order valence-electron chi connectivity index (χ4n) is 0.933. The molecule has 1 N–H and O–H groups in total. The molecule has 7 heteroatoms. The molecule has 5 nitrogen and oxygen atoms in total. The van der Waals surface area contributed by atoms with Gasteiger partial charge in [-0.1, -0.05) is 11.8 Å². The Morgan fingerprint density at radius 2 is 2.18 bits per heavy atom. The van der Waals surface area contributed by atoms with Crippen LogP contribution in [0.2, 0.25) is 0 Å². The molecular formula is C10H14BrN3O2S. The minimum Gasteiger partial charge on any atom is -0.406 e. The molecule has 0 aliphatic carbocycles. The predicted molar refractivity (Wildman–Crippen MR) is 70.4 cm³/mol. The Morgan fingerprint density at radius 1 is 1.53 bits per heavy atom. The van der Waals surface area contributed by atoms with Crippen LogP contribution in [-0.4, -0.2) is 27.9 Å². The van der Waals surface area contributed by atoms with Crippen LogP contribution in [0.15, 0.2) is 16.0 Å². The van der Waals surface area contributed by atoms with Gasteiger partial charge in [0.05, 0.1) is 6.20 Å². The van der Waals surface area contributed by atoms with Gasteiger partial charge in [-0.2, -0.15) is 0 Å². The van der Waals surface area contributed by atoms with E-state index in [-0.39, 0.29) is 5.54 Å². The Morgan fingerprint density at radius 3 is 2.65 bits per heavy atom. The molecule has 0 saturated heterocycles. The van der Waals surface area contributed by atoms with Crippen molar-refractivity contribution >= 4 is 33.8 Å². The first-order valence-corrected chi connectivity index (χ1v) is 6.90. The second kappa shape index (κ2) is 5.68. The van der Waals surface area contributed by atoms with E-state index in [9.17, 15) is 4.79 Å². The summed E-state index contributed by atoms with van der Waals surface area (Å²) in [7, 11) is 0. The maximum Gasteiger partial charge on any atom is 0.413 e. The van der Waals surface area contributed by atoms with Gasteiger partial charge in [0, 0.05) is 5.54 Å². The minimum absolute atomic E-state index is 0.296. The summed E-state index contributed by atoms with van der Waals surface area (Å²) in [4.78, 5) is 19.6. The number of aromatic nitrogens is 2. The van der Waals surface area contributed by atoms with Crippen LogP contribution in [0.1, 0.15) is 20.8 Å². The number of thioether (sulfide) groups is 1. The Bertz CT molecular complexity index is 421. The lowest BCUT2D eigenvalue weighted by Gasteiger charge is -2.19. The third kappa shape index (κ3) is 4.91. The number of hydrogen-bond donors (Lipinski definition) is 1. The second-order valence-corrected chi connectivity index (χ2v) is 5.80. The molecule has 1 amide bonds. The highest BCUT2D eigenvalue weighted by atomic mass is 79.9. The number of rotatable bonds is 2. The Kier molecular flexibility index (Phi) is 4.76.